The highest BCUT2D eigenvalue weighted by Crippen LogP contribution is 2.22. The normalized spacial score (nSPS) is 22.1. The number of carbonyl (C=O) groups is 1. The first-order chi connectivity index (χ1) is 7.15. The molecule has 0 aliphatic carbocycles. The third kappa shape index (κ3) is 2.58. The summed E-state index contributed by atoms with van der Waals surface area (Å²) in [5.74, 6) is -0.0917. The summed E-state index contributed by atoms with van der Waals surface area (Å²) in [7, 11) is 0. The third-order valence-electron chi connectivity index (χ3n) is 2.85. The maximum Gasteiger partial charge on any atom is 0.221 e. The Hall–Kier alpha value is -0.870. The predicted octanol–water partition coefficient (Wildman–Crippen LogP) is 1.36. The molecule has 15 heavy (non-hydrogen) atoms. The minimum absolute atomic E-state index is 0.0612. The van der Waals surface area contributed by atoms with Gasteiger partial charge in [0.05, 0.1) is 5.92 Å². The topological polar surface area (TPSA) is 46.3 Å². The van der Waals surface area contributed by atoms with Crippen molar-refractivity contribution in [2.24, 2.45) is 11.7 Å². The first-order valence-corrected chi connectivity index (χ1v) is 6.04. The number of carbonyl (C=O) groups excluding carboxylic acids is 1. The van der Waals surface area contributed by atoms with Gasteiger partial charge in [-0.15, -0.1) is 11.3 Å². The molecule has 0 saturated carbocycles. The Morgan fingerprint density at radius 2 is 2.47 bits per heavy atom. The number of hydrogen-bond acceptors (Lipinski definition) is 3. The molecule has 3 nitrogen and oxygen atoms in total. The Labute approximate surface area is 93.9 Å². The summed E-state index contributed by atoms with van der Waals surface area (Å²) in [6.45, 7) is 4.89. The van der Waals surface area contributed by atoms with Gasteiger partial charge in [-0.3, -0.25) is 9.69 Å². The first-order valence-electron chi connectivity index (χ1n) is 5.22. The van der Waals surface area contributed by atoms with E-state index in [-0.39, 0.29) is 11.8 Å². The quantitative estimate of drug-likeness (QED) is 0.842. The lowest BCUT2D eigenvalue weighted by molar-refractivity contribution is -0.121. The van der Waals surface area contributed by atoms with Crippen LogP contribution in [0.1, 0.15) is 16.2 Å². The standard InChI is InChI=1S/C11H16N2OS/c1-8-2-3-10(15-8)7-13-5-4-9(6-13)11(12)14/h2-3,9H,4-7H2,1H3,(H2,12,14)/t9-/m0/s1. The lowest BCUT2D eigenvalue weighted by Crippen LogP contribution is -2.27. The number of thiophene rings is 1. The molecule has 0 radical (unpaired) electrons. The summed E-state index contributed by atoms with van der Waals surface area (Å²) in [5.41, 5.74) is 5.29. The summed E-state index contributed by atoms with van der Waals surface area (Å²) in [4.78, 5) is 16.0. The van der Waals surface area contributed by atoms with Crippen molar-refractivity contribution in [3.8, 4) is 0 Å². The molecular weight excluding hydrogens is 208 g/mol. The second-order valence-electron chi connectivity index (χ2n) is 4.14. The van der Waals surface area contributed by atoms with Crippen molar-refractivity contribution in [2.45, 2.75) is 19.9 Å². The van der Waals surface area contributed by atoms with Crippen LogP contribution in [0.25, 0.3) is 0 Å². The maximum absolute atomic E-state index is 11.0. The summed E-state index contributed by atoms with van der Waals surface area (Å²) in [6, 6.07) is 4.30. The SMILES string of the molecule is Cc1ccc(CN2CC[C@H](C(N)=O)C2)s1. The van der Waals surface area contributed by atoms with E-state index in [1.54, 1.807) is 0 Å². The lowest BCUT2D eigenvalue weighted by atomic mass is 10.1. The molecule has 2 heterocycles. The highest BCUT2D eigenvalue weighted by Gasteiger charge is 2.26. The largest absolute Gasteiger partial charge is 0.369 e. The molecule has 2 rings (SSSR count). The summed E-state index contributed by atoms with van der Waals surface area (Å²) in [6.07, 6.45) is 0.916. The zero-order chi connectivity index (χ0) is 10.8. The molecule has 4 heteroatoms. The number of nitrogens with two attached hydrogens (primary N) is 1. The van der Waals surface area contributed by atoms with Gasteiger partial charge >= 0.3 is 0 Å². The van der Waals surface area contributed by atoms with Gasteiger partial charge in [0.15, 0.2) is 0 Å². The van der Waals surface area contributed by atoms with Crippen LogP contribution in [0.5, 0.6) is 0 Å². The fourth-order valence-corrected chi connectivity index (χ4v) is 2.93. The molecule has 1 atom stereocenters. The fourth-order valence-electron chi connectivity index (χ4n) is 2.00. The van der Waals surface area contributed by atoms with Gasteiger partial charge in [-0.2, -0.15) is 0 Å². The molecule has 1 fully saturated rings. The highest BCUT2D eigenvalue weighted by atomic mass is 32.1. The number of nitrogens with zero attached hydrogens (tertiary/aromatic N) is 1. The van der Waals surface area contributed by atoms with E-state index >= 15 is 0 Å². The molecule has 1 aliphatic heterocycles. The van der Waals surface area contributed by atoms with Gasteiger partial charge in [0.2, 0.25) is 5.91 Å². The molecule has 0 bridgehead atoms. The van der Waals surface area contributed by atoms with E-state index in [4.69, 9.17) is 5.73 Å². The van der Waals surface area contributed by atoms with E-state index in [0.717, 1.165) is 26.1 Å². The smallest absolute Gasteiger partial charge is 0.221 e. The highest BCUT2D eigenvalue weighted by molar-refractivity contribution is 7.11. The van der Waals surface area contributed by atoms with Crippen molar-refractivity contribution < 1.29 is 4.79 Å². The first kappa shape index (κ1) is 10.6. The van der Waals surface area contributed by atoms with Crippen molar-refractivity contribution in [3.63, 3.8) is 0 Å². The van der Waals surface area contributed by atoms with Gasteiger partial charge in [-0.25, -0.2) is 0 Å². The minimum Gasteiger partial charge on any atom is -0.369 e. The van der Waals surface area contributed by atoms with Crippen LogP contribution in [-0.2, 0) is 11.3 Å². The molecule has 0 aromatic carbocycles. The Morgan fingerprint density at radius 1 is 1.67 bits per heavy atom. The summed E-state index contributed by atoms with van der Waals surface area (Å²) >= 11 is 1.83. The third-order valence-corrected chi connectivity index (χ3v) is 3.84. The summed E-state index contributed by atoms with van der Waals surface area (Å²) < 4.78 is 0. The van der Waals surface area contributed by atoms with Crippen LogP contribution in [0.4, 0.5) is 0 Å². The van der Waals surface area contributed by atoms with E-state index in [9.17, 15) is 4.79 Å². The maximum atomic E-state index is 11.0. The number of hydrogen-bond donors (Lipinski definition) is 1. The van der Waals surface area contributed by atoms with Gasteiger partial charge in [0.25, 0.3) is 0 Å². The molecule has 1 aromatic heterocycles. The van der Waals surface area contributed by atoms with Crippen molar-refractivity contribution >= 4 is 17.2 Å². The zero-order valence-corrected chi connectivity index (χ0v) is 9.72. The van der Waals surface area contributed by atoms with Gasteiger partial charge in [-0.1, -0.05) is 0 Å². The Morgan fingerprint density at radius 3 is 3.00 bits per heavy atom. The molecule has 0 unspecified atom stereocenters. The summed E-state index contributed by atoms with van der Waals surface area (Å²) in [5, 5.41) is 0. The molecular formula is C11H16N2OS. The van der Waals surface area contributed by atoms with E-state index in [0.29, 0.717) is 0 Å². The van der Waals surface area contributed by atoms with Crippen LogP contribution in [0.3, 0.4) is 0 Å². The molecule has 82 valence electrons. The van der Waals surface area contributed by atoms with Gasteiger partial charge < -0.3 is 5.73 Å². The van der Waals surface area contributed by atoms with Crippen molar-refractivity contribution in [2.75, 3.05) is 13.1 Å². The number of primary amides is 1. The van der Waals surface area contributed by atoms with Crippen molar-refractivity contribution in [1.82, 2.24) is 4.90 Å². The monoisotopic (exact) mass is 224 g/mol. The van der Waals surface area contributed by atoms with Gasteiger partial charge in [0, 0.05) is 22.8 Å². The Kier molecular flexibility index (Phi) is 3.07. The van der Waals surface area contributed by atoms with Crippen LogP contribution >= 0.6 is 11.3 Å². The average Bonchev–Trinajstić information content (AvgIpc) is 2.76. The second kappa shape index (κ2) is 4.33. The van der Waals surface area contributed by atoms with E-state index in [1.165, 1.54) is 9.75 Å². The Bertz CT molecular complexity index is 361. The van der Waals surface area contributed by atoms with Gasteiger partial charge in [-0.05, 0) is 32.0 Å². The predicted molar refractivity (Wildman–Crippen MR) is 61.6 cm³/mol. The number of likely N-dealkylation sites (tertiary alicyclic amines) is 1. The van der Waals surface area contributed by atoms with E-state index in [1.807, 2.05) is 11.3 Å². The van der Waals surface area contributed by atoms with Gasteiger partial charge in [0.1, 0.15) is 0 Å². The van der Waals surface area contributed by atoms with E-state index in [2.05, 4.69) is 24.0 Å². The van der Waals surface area contributed by atoms with Crippen LogP contribution in [0, 0.1) is 12.8 Å². The number of amides is 1. The van der Waals surface area contributed by atoms with Crippen LogP contribution in [0.15, 0.2) is 12.1 Å². The zero-order valence-electron chi connectivity index (χ0n) is 8.90. The number of rotatable bonds is 3. The van der Waals surface area contributed by atoms with Crippen LogP contribution in [0.2, 0.25) is 0 Å². The fraction of sp³-hybridized carbons (Fsp3) is 0.545. The molecule has 1 amide bonds. The van der Waals surface area contributed by atoms with Crippen molar-refractivity contribution in [3.05, 3.63) is 21.9 Å². The molecule has 0 spiro atoms. The molecule has 2 N–H and O–H groups in total. The second-order valence-corrected chi connectivity index (χ2v) is 5.51. The number of aryl methyl sites for hydroxylation is 1. The average molecular weight is 224 g/mol. The lowest BCUT2D eigenvalue weighted by Gasteiger charge is -2.13. The Balaban J connectivity index is 1.90. The minimum atomic E-state index is -0.153. The van der Waals surface area contributed by atoms with E-state index < -0.39 is 0 Å². The molecule has 1 aliphatic rings. The van der Waals surface area contributed by atoms with Crippen LogP contribution in [-0.4, -0.2) is 23.9 Å². The van der Waals surface area contributed by atoms with Crippen LogP contribution < -0.4 is 5.73 Å². The molecule has 1 aromatic rings. The molecule has 1 saturated heterocycles. The van der Waals surface area contributed by atoms with Crippen molar-refractivity contribution in [1.29, 1.82) is 0 Å².